The minimum atomic E-state index is 1.32. The molecule has 0 heterocycles. The van der Waals surface area contributed by atoms with E-state index < -0.39 is 0 Å². The van der Waals surface area contributed by atoms with Gasteiger partial charge >= 0.3 is 0 Å². The van der Waals surface area contributed by atoms with Gasteiger partial charge in [0, 0.05) is 6.92 Å². The minimum Gasteiger partial charge on any atom is -0.199 e. The lowest BCUT2D eigenvalue weighted by Crippen LogP contribution is -1.66. The fraction of sp³-hybridized carbons (Fsp3) is 0.533. The van der Waals surface area contributed by atoms with E-state index >= 15 is 0 Å². The van der Waals surface area contributed by atoms with Crippen LogP contribution in [-0.2, 0) is 0 Å². The molecule has 0 saturated carbocycles. The molecule has 0 aliphatic rings. The SMILES string of the molecule is CC#N.CCCCCC.Cc1ccccc1. The molecule has 1 heteroatoms. The maximum atomic E-state index is 7.32. The van der Waals surface area contributed by atoms with Gasteiger partial charge in [0.15, 0.2) is 0 Å². The quantitative estimate of drug-likeness (QED) is 0.648. The number of aryl methyl sites for hydroxylation is 1. The van der Waals surface area contributed by atoms with Gasteiger partial charge in [0.1, 0.15) is 0 Å². The van der Waals surface area contributed by atoms with Gasteiger partial charge in [-0.2, -0.15) is 5.26 Å². The zero-order valence-electron chi connectivity index (χ0n) is 11.2. The molecular weight excluding hydrogens is 194 g/mol. The maximum Gasteiger partial charge on any atom is 0.0587 e. The Balaban J connectivity index is 0. The van der Waals surface area contributed by atoms with Crippen molar-refractivity contribution in [2.45, 2.75) is 53.4 Å². The monoisotopic (exact) mass is 219 g/mol. The van der Waals surface area contributed by atoms with Gasteiger partial charge in [0.05, 0.1) is 6.07 Å². The molecule has 0 bridgehead atoms. The van der Waals surface area contributed by atoms with Crippen LogP contribution in [0.5, 0.6) is 0 Å². The zero-order chi connectivity index (χ0) is 12.6. The van der Waals surface area contributed by atoms with Gasteiger partial charge < -0.3 is 0 Å². The Morgan fingerprint density at radius 3 is 1.56 bits per heavy atom. The summed E-state index contributed by atoms with van der Waals surface area (Å²) in [7, 11) is 0. The predicted molar refractivity (Wildman–Crippen MR) is 72.3 cm³/mol. The molecule has 16 heavy (non-hydrogen) atoms. The highest BCUT2D eigenvalue weighted by atomic mass is 14.2. The zero-order valence-corrected chi connectivity index (χ0v) is 11.2. The Kier molecular flexibility index (Phi) is 17.3. The number of unbranched alkanes of at least 4 members (excludes halogenated alkanes) is 3. The van der Waals surface area contributed by atoms with Crippen LogP contribution in [0.2, 0.25) is 0 Å². The third-order valence-corrected chi connectivity index (χ3v) is 1.90. The Morgan fingerprint density at radius 2 is 1.38 bits per heavy atom. The standard InChI is InChI=1S/C7H8.C6H14.C2H3N/c1-7-5-3-2-4-6-7;1-3-5-6-4-2;1-2-3/h2-6H,1H3;3-6H2,1-2H3;1H3. The lowest BCUT2D eigenvalue weighted by Gasteiger charge is -1.86. The molecule has 0 fully saturated rings. The summed E-state index contributed by atoms with van der Waals surface area (Å²) in [5.41, 5.74) is 1.32. The summed E-state index contributed by atoms with van der Waals surface area (Å²) in [6, 6.07) is 12.0. The molecule has 0 unspecified atom stereocenters. The van der Waals surface area contributed by atoms with Gasteiger partial charge in [-0.1, -0.05) is 75.4 Å². The molecule has 0 aliphatic carbocycles. The molecule has 1 nitrogen and oxygen atoms in total. The highest BCUT2D eigenvalue weighted by Crippen LogP contribution is 1.95. The van der Waals surface area contributed by atoms with Gasteiger partial charge in [-0.25, -0.2) is 0 Å². The van der Waals surface area contributed by atoms with Crippen LogP contribution >= 0.6 is 0 Å². The molecule has 90 valence electrons. The second kappa shape index (κ2) is 16.2. The van der Waals surface area contributed by atoms with Crippen molar-refractivity contribution in [2.75, 3.05) is 0 Å². The number of rotatable bonds is 3. The van der Waals surface area contributed by atoms with Crippen LogP contribution in [0.25, 0.3) is 0 Å². The highest BCUT2D eigenvalue weighted by Gasteiger charge is 1.75. The van der Waals surface area contributed by atoms with E-state index in [-0.39, 0.29) is 0 Å². The largest absolute Gasteiger partial charge is 0.199 e. The maximum absolute atomic E-state index is 7.32. The summed E-state index contributed by atoms with van der Waals surface area (Å²) in [6.45, 7) is 7.98. The first-order chi connectivity index (χ1) is 7.72. The first kappa shape index (κ1) is 17.1. The predicted octanol–water partition coefficient (Wildman–Crippen LogP) is 5.11. The third kappa shape index (κ3) is 18.5. The summed E-state index contributed by atoms with van der Waals surface area (Å²) in [5.74, 6) is 0. The first-order valence-corrected chi connectivity index (χ1v) is 6.05. The number of hydrogen-bond acceptors (Lipinski definition) is 1. The number of nitriles is 1. The molecule has 0 N–H and O–H groups in total. The summed E-state index contributed by atoms with van der Waals surface area (Å²) in [6.07, 6.45) is 5.54. The van der Waals surface area contributed by atoms with E-state index in [2.05, 4.69) is 32.9 Å². The molecule has 1 aromatic carbocycles. The second-order valence-electron chi connectivity index (χ2n) is 3.59. The highest BCUT2D eigenvalue weighted by molar-refractivity contribution is 5.11. The van der Waals surface area contributed by atoms with Crippen molar-refractivity contribution in [1.82, 2.24) is 0 Å². The molecule has 0 atom stereocenters. The van der Waals surface area contributed by atoms with Crippen molar-refractivity contribution in [3.8, 4) is 6.07 Å². The molecule has 0 aliphatic heterocycles. The molecule has 1 aromatic rings. The van der Waals surface area contributed by atoms with E-state index in [1.807, 2.05) is 18.2 Å². The smallest absolute Gasteiger partial charge is 0.0587 e. The topological polar surface area (TPSA) is 23.8 Å². The summed E-state index contributed by atoms with van der Waals surface area (Å²) >= 11 is 0. The van der Waals surface area contributed by atoms with Crippen LogP contribution < -0.4 is 0 Å². The Labute approximate surface area is 101 Å². The van der Waals surface area contributed by atoms with Crippen LogP contribution in [0.1, 0.15) is 52.0 Å². The van der Waals surface area contributed by atoms with Gasteiger partial charge in [-0.15, -0.1) is 0 Å². The van der Waals surface area contributed by atoms with Crippen molar-refractivity contribution < 1.29 is 0 Å². The van der Waals surface area contributed by atoms with Gasteiger partial charge in [-0.3, -0.25) is 0 Å². The number of nitrogens with zero attached hydrogens (tertiary/aromatic N) is 1. The second-order valence-corrected chi connectivity index (χ2v) is 3.59. The van der Waals surface area contributed by atoms with Crippen LogP contribution in [0, 0.1) is 18.3 Å². The van der Waals surface area contributed by atoms with Crippen molar-refractivity contribution in [2.24, 2.45) is 0 Å². The van der Waals surface area contributed by atoms with Crippen molar-refractivity contribution >= 4 is 0 Å². The van der Waals surface area contributed by atoms with Crippen LogP contribution in [0.3, 0.4) is 0 Å². The van der Waals surface area contributed by atoms with E-state index in [9.17, 15) is 0 Å². The molecular formula is C15H25N. The van der Waals surface area contributed by atoms with E-state index in [0.29, 0.717) is 0 Å². The average molecular weight is 219 g/mol. The molecule has 0 spiro atoms. The summed E-state index contributed by atoms with van der Waals surface area (Å²) in [5, 5.41) is 7.32. The van der Waals surface area contributed by atoms with Gasteiger partial charge in [0.2, 0.25) is 0 Å². The van der Waals surface area contributed by atoms with Crippen molar-refractivity contribution in [3.63, 3.8) is 0 Å². The average Bonchev–Trinajstić information content (AvgIpc) is 2.29. The first-order valence-electron chi connectivity index (χ1n) is 6.05. The van der Waals surface area contributed by atoms with E-state index in [0.717, 1.165) is 0 Å². The van der Waals surface area contributed by atoms with E-state index in [4.69, 9.17) is 5.26 Å². The van der Waals surface area contributed by atoms with E-state index in [1.54, 1.807) is 6.07 Å². The molecule has 1 rings (SSSR count). The fourth-order valence-electron chi connectivity index (χ4n) is 1.03. The lowest BCUT2D eigenvalue weighted by molar-refractivity contribution is 0.702. The molecule has 0 amide bonds. The molecule has 0 saturated heterocycles. The van der Waals surface area contributed by atoms with Crippen LogP contribution in [0.4, 0.5) is 0 Å². The van der Waals surface area contributed by atoms with Crippen LogP contribution in [-0.4, -0.2) is 0 Å². The number of hydrogen-bond donors (Lipinski definition) is 0. The summed E-state index contributed by atoms with van der Waals surface area (Å²) in [4.78, 5) is 0. The lowest BCUT2D eigenvalue weighted by atomic mass is 10.2. The molecule has 0 radical (unpaired) electrons. The Morgan fingerprint density at radius 1 is 1.00 bits per heavy atom. The fourth-order valence-corrected chi connectivity index (χ4v) is 1.03. The Hall–Kier alpha value is -1.29. The normalized spacial score (nSPS) is 7.69. The number of benzene rings is 1. The van der Waals surface area contributed by atoms with Gasteiger partial charge in [0.25, 0.3) is 0 Å². The molecule has 0 aromatic heterocycles. The van der Waals surface area contributed by atoms with Crippen molar-refractivity contribution in [1.29, 1.82) is 5.26 Å². The minimum absolute atomic E-state index is 1.32. The van der Waals surface area contributed by atoms with E-state index in [1.165, 1.54) is 38.2 Å². The summed E-state index contributed by atoms with van der Waals surface area (Å²) < 4.78 is 0. The Bertz CT molecular complexity index is 242. The third-order valence-electron chi connectivity index (χ3n) is 1.90. The van der Waals surface area contributed by atoms with Gasteiger partial charge in [-0.05, 0) is 6.92 Å². The van der Waals surface area contributed by atoms with Crippen molar-refractivity contribution in [3.05, 3.63) is 35.9 Å². The van der Waals surface area contributed by atoms with Crippen LogP contribution in [0.15, 0.2) is 30.3 Å².